The summed E-state index contributed by atoms with van der Waals surface area (Å²) in [7, 11) is 0. The van der Waals surface area contributed by atoms with Gasteiger partial charge >= 0.3 is 0 Å². The van der Waals surface area contributed by atoms with E-state index in [0.29, 0.717) is 48.5 Å². The first-order chi connectivity index (χ1) is 14.3. The molecule has 1 N–H and O–H groups in total. The molecule has 0 atom stereocenters. The van der Waals surface area contributed by atoms with Gasteiger partial charge in [-0.3, -0.25) is 14.5 Å². The molecule has 3 rings (SSSR count). The van der Waals surface area contributed by atoms with Crippen LogP contribution >= 0.6 is 23.2 Å². The highest BCUT2D eigenvalue weighted by molar-refractivity contribution is 6.37. The molecule has 2 amide bonds. The maximum atomic E-state index is 12.5. The number of para-hydroxylation sites is 2. The molecule has 2 aromatic rings. The number of hydrogen-bond donors (Lipinski definition) is 1. The van der Waals surface area contributed by atoms with Crippen molar-refractivity contribution < 1.29 is 14.3 Å². The number of carbonyl (C=O) groups excluding carboxylic acids is 2. The van der Waals surface area contributed by atoms with Gasteiger partial charge in [0.15, 0.2) is 12.4 Å². The summed E-state index contributed by atoms with van der Waals surface area (Å²) in [6, 6.07) is 11.0. The van der Waals surface area contributed by atoms with Gasteiger partial charge in [0.2, 0.25) is 5.91 Å². The van der Waals surface area contributed by atoms with Crippen LogP contribution < -0.4 is 10.1 Å². The number of nitrogens with one attached hydrogen (secondary N) is 1. The molecular weight excluding hydrogens is 425 g/mol. The van der Waals surface area contributed by atoms with Gasteiger partial charge in [-0.25, -0.2) is 0 Å². The van der Waals surface area contributed by atoms with Crippen molar-refractivity contribution in [3.63, 3.8) is 0 Å². The molecule has 0 bridgehead atoms. The molecule has 160 valence electrons. The standard InChI is InChI=1S/C22H25Cl2N3O3/c1-15-5-3-6-16(2)21(15)25-19(28)13-26-9-11-27(12-10-26)20(29)14-30-22-17(23)7-4-8-18(22)24/h3-8H,9-14H2,1-2H3,(H,25,28). The molecule has 0 spiro atoms. The van der Waals surface area contributed by atoms with E-state index in [4.69, 9.17) is 27.9 Å². The van der Waals surface area contributed by atoms with Crippen molar-refractivity contribution in [1.29, 1.82) is 0 Å². The van der Waals surface area contributed by atoms with Gasteiger partial charge in [-0.05, 0) is 37.1 Å². The van der Waals surface area contributed by atoms with Gasteiger partial charge < -0.3 is 15.0 Å². The molecule has 0 radical (unpaired) electrons. The first kappa shape index (κ1) is 22.4. The molecule has 1 heterocycles. The first-order valence-corrected chi connectivity index (χ1v) is 10.5. The molecule has 30 heavy (non-hydrogen) atoms. The van der Waals surface area contributed by atoms with Crippen LogP contribution in [0.25, 0.3) is 0 Å². The zero-order valence-electron chi connectivity index (χ0n) is 17.1. The Kier molecular flexibility index (Phi) is 7.58. The molecular formula is C22H25Cl2N3O3. The quantitative estimate of drug-likeness (QED) is 0.728. The van der Waals surface area contributed by atoms with Gasteiger partial charge in [0.25, 0.3) is 5.91 Å². The van der Waals surface area contributed by atoms with E-state index in [0.717, 1.165) is 16.8 Å². The van der Waals surface area contributed by atoms with E-state index in [2.05, 4.69) is 5.32 Å². The molecule has 8 heteroatoms. The van der Waals surface area contributed by atoms with E-state index < -0.39 is 0 Å². The summed E-state index contributed by atoms with van der Waals surface area (Å²) in [5, 5.41) is 3.74. The van der Waals surface area contributed by atoms with Crippen LogP contribution in [0.3, 0.4) is 0 Å². The lowest BCUT2D eigenvalue weighted by Gasteiger charge is -2.34. The summed E-state index contributed by atoms with van der Waals surface area (Å²) in [5.41, 5.74) is 2.95. The molecule has 0 aromatic heterocycles. The monoisotopic (exact) mass is 449 g/mol. The van der Waals surface area contributed by atoms with E-state index in [1.54, 1.807) is 23.1 Å². The first-order valence-electron chi connectivity index (χ1n) is 9.78. The second-order valence-electron chi connectivity index (χ2n) is 7.31. The third kappa shape index (κ3) is 5.65. The molecule has 6 nitrogen and oxygen atoms in total. The van der Waals surface area contributed by atoms with E-state index >= 15 is 0 Å². The Morgan fingerprint density at radius 2 is 1.53 bits per heavy atom. The van der Waals surface area contributed by atoms with Crippen molar-refractivity contribution in [3.05, 3.63) is 57.6 Å². The fraction of sp³-hybridized carbons (Fsp3) is 0.364. The number of anilines is 1. The van der Waals surface area contributed by atoms with Gasteiger partial charge in [-0.2, -0.15) is 0 Å². The molecule has 1 aliphatic rings. The summed E-state index contributed by atoms with van der Waals surface area (Å²) < 4.78 is 5.53. The smallest absolute Gasteiger partial charge is 0.260 e. The predicted molar refractivity (Wildman–Crippen MR) is 120 cm³/mol. The second kappa shape index (κ2) is 10.2. The van der Waals surface area contributed by atoms with Crippen LogP contribution in [0.4, 0.5) is 5.69 Å². The van der Waals surface area contributed by atoms with Gasteiger partial charge in [-0.1, -0.05) is 47.5 Å². The Hall–Kier alpha value is -2.28. The van der Waals surface area contributed by atoms with E-state index in [1.165, 1.54) is 0 Å². The minimum absolute atomic E-state index is 0.0520. The third-order valence-corrected chi connectivity index (χ3v) is 5.69. The van der Waals surface area contributed by atoms with Crippen LogP contribution in [0, 0.1) is 13.8 Å². The van der Waals surface area contributed by atoms with E-state index in [-0.39, 0.29) is 18.4 Å². The lowest BCUT2D eigenvalue weighted by atomic mass is 10.1. The number of piperazine rings is 1. The topological polar surface area (TPSA) is 61.9 Å². The lowest BCUT2D eigenvalue weighted by Crippen LogP contribution is -2.51. The zero-order valence-corrected chi connectivity index (χ0v) is 18.6. The Balaban J connectivity index is 1.45. The number of rotatable bonds is 6. The molecule has 2 aromatic carbocycles. The fourth-order valence-electron chi connectivity index (χ4n) is 3.39. The normalized spacial score (nSPS) is 14.5. The molecule has 1 fully saturated rings. The highest BCUT2D eigenvalue weighted by atomic mass is 35.5. The number of ether oxygens (including phenoxy) is 1. The number of hydrogen-bond acceptors (Lipinski definition) is 4. The van der Waals surface area contributed by atoms with Crippen LogP contribution in [0.15, 0.2) is 36.4 Å². The maximum Gasteiger partial charge on any atom is 0.260 e. The summed E-state index contributed by atoms with van der Waals surface area (Å²) >= 11 is 12.1. The zero-order chi connectivity index (χ0) is 21.7. The van der Waals surface area contributed by atoms with E-state index in [1.807, 2.05) is 36.9 Å². The summed E-state index contributed by atoms with van der Waals surface area (Å²) in [6.07, 6.45) is 0. The molecule has 1 aliphatic heterocycles. The molecule has 0 saturated carbocycles. The van der Waals surface area contributed by atoms with E-state index in [9.17, 15) is 9.59 Å². The van der Waals surface area contributed by atoms with Gasteiger partial charge in [0.05, 0.1) is 16.6 Å². The molecule has 0 unspecified atom stereocenters. The SMILES string of the molecule is Cc1cccc(C)c1NC(=O)CN1CCN(C(=O)COc2c(Cl)cccc2Cl)CC1. The van der Waals surface area contributed by atoms with Gasteiger partial charge in [-0.15, -0.1) is 0 Å². The number of halogens is 2. The highest BCUT2D eigenvalue weighted by Crippen LogP contribution is 2.32. The third-order valence-electron chi connectivity index (χ3n) is 5.10. The maximum absolute atomic E-state index is 12.5. The minimum Gasteiger partial charge on any atom is -0.481 e. The Morgan fingerprint density at radius 1 is 0.967 bits per heavy atom. The van der Waals surface area contributed by atoms with Crippen LogP contribution in [0.2, 0.25) is 10.0 Å². The fourth-order valence-corrected chi connectivity index (χ4v) is 3.90. The number of aryl methyl sites for hydroxylation is 2. The van der Waals surface area contributed by atoms with Crippen molar-refractivity contribution in [3.8, 4) is 5.75 Å². The Morgan fingerprint density at radius 3 is 2.13 bits per heavy atom. The van der Waals surface area contributed by atoms with Crippen LogP contribution in [-0.4, -0.2) is 60.9 Å². The van der Waals surface area contributed by atoms with Gasteiger partial charge in [0.1, 0.15) is 0 Å². The number of carbonyl (C=O) groups is 2. The number of nitrogens with zero attached hydrogens (tertiary/aromatic N) is 2. The van der Waals surface area contributed by atoms with Crippen molar-refractivity contribution in [2.75, 3.05) is 44.6 Å². The van der Waals surface area contributed by atoms with Crippen LogP contribution in [-0.2, 0) is 9.59 Å². The lowest BCUT2D eigenvalue weighted by molar-refractivity contribution is -0.135. The van der Waals surface area contributed by atoms with Crippen molar-refractivity contribution >= 4 is 40.7 Å². The summed E-state index contributed by atoms with van der Waals surface area (Å²) in [4.78, 5) is 28.7. The predicted octanol–water partition coefficient (Wildman–Crippen LogP) is 3.77. The van der Waals surface area contributed by atoms with Crippen molar-refractivity contribution in [2.45, 2.75) is 13.8 Å². The minimum atomic E-state index is -0.134. The summed E-state index contributed by atoms with van der Waals surface area (Å²) in [5.74, 6) is 0.130. The largest absolute Gasteiger partial charge is 0.481 e. The highest BCUT2D eigenvalue weighted by Gasteiger charge is 2.23. The van der Waals surface area contributed by atoms with Crippen molar-refractivity contribution in [2.24, 2.45) is 0 Å². The second-order valence-corrected chi connectivity index (χ2v) is 8.13. The molecule has 1 saturated heterocycles. The van der Waals surface area contributed by atoms with Crippen LogP contribution in [0.1, 0.15) is 11.1 Å². The van der Waals surface area contributed by atoms with Crippen LogP contribution in [0.5, 0.6) is 5.75 Å². The van der Waals surface area contributed by atoms with Crippen molar-refractivity contribution in [1.82, 2.24) is 9.80 Å². The van der Waals surface area contributed by atoms with Gasteiger partial charge in [0, 0.05) is 31.9 Å². The number of benzene rings is 2. The Bertz CT molecular complexity index is 887. The average molecular weight is 450 g/mol. The summed E-state index contributed by atoms with van der Waals surface area (Å²) in [6.45, 7) is 6.44. The Labute approximate surface area is 186 Å². The number of amides is 2. The average Bonchev–Trinajstić information content (AvgIpc) is 2.71. The molecule has 0 aliphatic carbocycles.